The molecule has 25 heavy (non-hydrogen) atoms. The number of carbonyl (C=O) groups is 1. The van der Waals surface area contributed by atoms with Gasteiger partial charge in [0.15, 0.2) is 5.75 Å². The van der Waals surface area contributed by atoms with Crippen LogP contribution in [0.4, 0.5) is 5.69 Å². The van der Waals surface area contributed by atoms with Crippen LogP contribution in [0.15, 0.2) is 35.3 Å². The molecule has 0 fully saturated rings. The minimum absolute atomic E-state index is 0.160. The molecule has 0 radical (unpaired) electrons. The van der Waals surface area contributed by atoms with Gasteiger partial charge in [0.1, 0.15) is 11.5 Å². The van der Waals surface area contributed by atoms with Gasteiger partial charge in [-0.2, -0.15) is 0 Å². The average Bonchev–Trinajstić information content (AvgIpc) is 2.95. The maximum absolute atomic E-state index is 12.3. The van der Waals surface area contributed by atoms with E-state index in [0.717, 1.165) is 23.3 Å². The van der Waals surface area contributed by atoms with Crippen LogP contribution >= 0.6 is 0 Å². The Kier molecular flexibility index (Phi) is 4.56. The van der Waals surface area contributed by atoms with Crippen LogP contribution in [-0.2, 0) is 6.42 Å². The summed E-state index contributed by atoms with van der Waals surface area (Å²) in [7, 11) is 1.40. The number of rotatable bonds is 5. The fourth-order valence-electron chi connectivity index (χ4n) is 2.57. The summed E-state index contributed by atoms with van der Waals surface area (Å²) in [6.07, 6.45) is 2.23. The molecule has 0 saturated heterocycles. The Morgan fingerprint density at radius 3 is 2.80 bits per heavy atom. The molecule has 2 aromatic heterocycles. The van der Waals surface area contributed by atoms with Gasteiger partial charge in [0.25, 0.3) is 5.91 Å². The number of imidazole rings is 1. The predicted octanol–water partition coefficient (Wildman–Crippen LogP) is 2.71. The van der Waals surface area contributed by atoms with E-state index < -0.39 is 5.91 Å². The first-order chi connectivity index (χ1) is 12.0. The van der Waals surface area contributed by atoms with Crippen molar-refractivity contribution in [2.75, 3.05) is 12.4 Å². The molecule has 0 aliphatic heterocycles. The van der Waals surface area contributed by atoms with Crippen LogP contribution in [0.5, 0.6) is 5.75 Å². The summed E-state index contributed by atoms with van der Waals surface area (Å²) in [5.74, 6) is 1.19. The van der Waals surface area contributed by atoms with Gasteiger partial charge in [-0.1, -0.05) is 13.8 Å². The zero-order valence-electron chi connectivity index (χ0n) is 14.3. The van der Waals surface area contributed by atoms with Gasteiger partial charge in [-0.05, 0) is 24.1 Å². The molecule has 3 aromatic rings. The Morgan fingerprint density at radius 1 is 1.32 bits per heavy atom. The number of methoxy groups -OCH3 is 1. The summed E-state index contributed by atoms with van der Waals surface area (Å²) < 4.78 is 4.89. The number of nitrogens with zero attached hydrogens (tertiary/aromatic N) is 1. The number of nitrogens with one attached hydrogen (secondary N) is 3. The highest BCUT2D eigenvalue weighted by Crippen LogP contribution is 2.19. The molecular formula is C18H20N4O3. The topological polar surface area (TPSA) is 99.9 Å². The summed E-state index contributed by atoms with van der Waals surface area (Å²) in [6.45, 7) is 4.27. The molecule has 0 bridgehead atoms. The molecule has 0 aliphatic carbocycles. The summed E-state index contributed by atoms with van der Waals surface area (Å²) in [5.41, 5.74) is 2.14. The SMILES string of the molecule is COc1c[nH]c(C(=O)Nc2ccc3nc(CC(C)C)[nH]c3c2)cc1=O. The lowest BCUT2D eigenvalue weighted by Gasteiger charge is -2.06. The number of hydrogen-bond donors (Lipinski definition) is 3. The molecule has 3 N–H and O–H groups in total. The predicted molar refractivity (Wildman–Crippen MR) is 96.2 cm³/mol. The van der Waals surface area contributed by atoms with Crippen molar-refractivity contribution in [1.82, 2.24) is 15.0 Å². The van der Waals surface area contributed by atoms with Crippen molar-refractivity contribution in [3.8, 4) is 5.75 Å². The second-order valence-corrected chi connectivity index (χ2v) is 6.25. The second kappa shape index (κ2) is 6.80. The van der Waals surface area contributed by atoms with Gasteiger partial charge in [-0.25, -0.2) is 4.98 Å². The normalized spacial score (nSPS) is 11.0. The van der Waals surface area contributed by atoms with Crippen LogP contribution in [0.2, 0.25) is 0 Å². The third-order valence-corrected chi connectivity index (χ3v) is 3.73. The molecule has 0 aliphatic rings. The summed E-state index contributed by atoms with van der Waals surface area (Å²) in [5, 5.41) is 2.77. The lowest BCUT2D eigenvalue weighted by atomic mass is 10.1. The fraction of sp³-hybridized carbons (Fsp3) is 0.278. The molecule has 1 amide bonds. The van der Waals surface area contributed by atoms with Gasteiger partial charge in [0, 0.05) is 24.4 Å². The third kappa shape index (κ3) is 3.71. The lowest BCUT2D eigenvalue weighted by Crippen LogP contribution is -2.17. The molecule has 3 rings (SSSR count). The maximum Gasteiger partial charge on any atom is 0.272 e. The van der Waals surface area contributed by atoms with Gasteiger partial charge in [-0.3, -0.25) is 9.59 Å². The van der Waals surface area contributed by atoms with Crippen molar-refractivity contribution in [3.05, 3.63) is 52.2 Å². The molecule has 7 heteroatoms. The van der Waals surface area contributed by atoms with E-state index in [-0.39, 0.29) is 16.9 Å². The van der Waals surface area contributed by atoms with E-state index >= 15 is 0 Å². The van der Waals surface area contributed by atoms with Gasteiger partial charge in [-0.15, -0.1) is 0 Å². The monoisotopic (exact) mass is 340 g/mol. The van der Waals surface area contributed by atoms with E-state index in [1.54, 1.807) is 6.07 Å². The summed E-state index contributed by atoms with van der Waals surface area (Å²) in [6, 6.07) is 6.67. The third-order valence-electron chi connectivity index (χ3n) is 3.73. The Balaban J connectivity index is 1.81. The van der Waals surface area contributed by atoms with E-state index in [4.69, 9.17) is 4.74 Å². The Hall–Kier alpha value is -3.09. The van der Waals surface area contributed by atoms with Crippen molar-refractivity contribution in [2.24, 2.45) is 5.92 Å². The first kappa shape index (κ1) is 16.8. The van der Waals surface area contributed by atoms with Crippen molar-refractivity contribution in [1.29, 1.82) is 0 Å². The summed E-state index contributed by atoms with van der Waals surface area (Å²) in [4.78, 5) is 34.6. The van der Waals surface area contributed by atoms with Crippen LogP contribution in [-0.4, -0.2) is 28.0 Å². The number of pyridine rings is 1. The minimum Gasteiger partial charge on any atom is -0.491 e. The highest BCUT2D eigenvalue weighted by molar-refractivity contribution is 6.03. The van der Waals surface area contributed by atoms with E-state index in [9.17, 15) is 9.59 Å². The number of hydrogen-bond acceptors (Lipinski definition) is 4. The number of amides is 1. The first-order valence-corrected chi connectivity index (χ1v) is 8.03. The Labute approximate surface area is 144 Å². The molecule has 130 valence electrons. The average molecular weight is 340 g/mol. The highest BCUT2D eigenvalue weighted by atomic mass is 16.5. The van der Waals surface area contributed by atoms with Gasteiger partial charge in [0.2, 0.25) is 5.43 Å². The van der Waals surface area contributed by atoms with E-state index in [2.05, 4.69) is 34.1 Å². The minimum atomic E-state index is -0.402. The van der Waals surface area contributed by atoms with Crippen LogP contribution in [0.1, 0.15) is 30.2 Å². The van der Waals surface area contributed by atoms with Crippen LogP contribution in [0.25, 0.3) is 11.0 Å². The molecule has 0 unspecified atom stereocenters. The van der Waals surface area contributed by atoms with E-state index in [0.29, 0.717) is 11.6 Å². The smallest absolute Gasteiger partial charge is 0.272 e. The standard InChI is InChI=1S/C18H20N4O3/c1-10(2)6-17-21-12-5-4-11(7-13(12)22-17)20-18(24)14-8-15(23)16(25-3)9-19-14/h4-5,7-10H,6H2,1-3H3,(H,19,23)(H,20,24)(H,21,22). The van der Waals surface area contributed by atoms with Crippen molar-refractivity contribution < 1.29 is 9.53 Å². The molecular weight excluding hydrogens is 320 g/mol. The lowest BCUT2D eigenvalue weighted by molar-refractivity contribution is 0.102. The molecule has 0 atom stereocenters. The largest absolute Gasteiger partial charge is 0.491 e. The van der Waals surface area contributed by atoms with Crippen LogP contribution in [0.3, 0.4) is 0 Å². The van der Waals surface area contributed by atoms with E-state index in [1.165, 1.54) is 19.4 Å². The zero-order valence-corrected chi connectivity index (χ0v) is 14.3. The summed E-state index contributed by atoms with van der Waals surface area (Å²) >= 11 is 0. The van der Waals surface area contributed by atoms with Crippen LogP contribution in [0, 0.1) is 5.92 Å². The molecule has 7 nitrogen and oxygen atoms in total. The second-order valence-electron chi connectivity index (χ2n) is 6.25. The Bertz CT molecular complexity index is 972. The number of fused-ring (bicyclic) bond motifs is 1. The number of anilines is 1. The zero-order chi connectivity index (χ0) is 18.0. The number of ether oxygens (including phenoxy) is 1. The van der Waals surface area contributed by atoms with Crippen molar-refractivity contribution >= 4 is 22.6 Å². The number of benzene rings is 1. The maximum atomic E-state index is 12.3. The fourth-order valence-corrected chi connectivity index (χ4v) is 2.57. The quantitative estimate of drug-likeness (QED) is 0.665. The molecule has 0 saturated carbocycles. The van der Waals surface area contributed by atoms with E-state index in [1.807, 2.05) is 12.1 Å². The molecule has 1 aromatic carbocycles. The van der Waals surface area contributed by atoms with Gasteiger partial charge in [0.05, 0.1) is 18.1 Å². The first-order valence-electron chi connectivity index (χ1n) is 8.03. The van der Waals surface area contributed by atoms with Gasteiger partial charge < -0.3 is 20.0 Å². The number of aromatic amines is 2. The molecule has 0 spiro atoms. The Morgan fingerprint density at radius 2 is 2.12 bits per heavy atom. The van der Waals surface area contributed by atoms with Crippen molar-refractivity contribution in [3.63, 3.8) is 0 Å². The number of carbonyl (C=O) groups excluding carboxylic acids is 1. The highest BCUT2D eigenvalue weighted by Gasteiger charge is 2.11. The van der Waals surface area contributed by atoms with Crippen molar-refractivity contribution in [2.45, 2.75) is 20.3 Å². The number of aromatic nitrogens is 3. The van der Waals surface area contributed by atoms with Crippen LogP contribution < -0.4 is 15.5 Å². The number of H-pyrrole nitrogens is 2. The van der Waals surface area contributed by atoms with Gasteiger partial charge >= 0.3 is 0 Å². The molecule has 2 heterocycles.